The van der Waals surface area contributed by atoms with Crippen LogP contribution in [0.25, 0.3) is 11.3 Å². The molecule has 3 aliphatic rings. The Morgan fingerprint density at radius 2 is 1.89 bits per heavy atom. The third-order valence-electron chi connectivity index (χ3n) is 7.36. The van der Waals surface area contributed by atoms with Gasteiger partial charge in [-0.3, -0.25) is 9.78 Å². The van der Waals surface area contributed by atoms with Crippen molar-refractivity contribution in [2.75, 3.05) is 38.7 Å². The summed E-state index contributed by atoms with van der Waals surface area (Å²) in [7, 11) is 1.45. The molecule has 0 bridgehead atoms. The molecule has 11 heteroatoms. The number of fused-ring (bicyclic) bond motifs is 1. The minimum Gasteiger partial charge on any atom is -0.493 e. The van der Waals surface area contributed by atoms with Gasteiger partial charge in [-0.05, 0) is 43.6 Å². The lowest BCUT2D eigenvalue weighted by Crippen LogP contribution is -2.38. The minimum atomic E-state index is -4.54. The molecule has 3 fully saturated rings. The Balaban J connectivity index is 1.24. The van der Waals surface area contributed by atoms with Crippen LogP contribution in [0.3, 0.4) is 0 Å². The van der Waals surface area contributed by atoms with E-state index >= 15 is 0 Å². The maximum atomic E-state index is 13.4. The third kappa shape index (κ3) is 4.91. The summed E-state index contributed by atoms with van der Waals surface area (Å²) in [4.78, 5) is 18.7. The van der Waals surface area contributed by atoms with Gasteiger partial charge in [-0.15, -0.1) is 10.2 Å². The highest BCUT2D eigenvalue weighted by Crippen LogP contribution is 2.41. The Labute approximate surface area is 201 Å². The lowest BCUT2D eigenvalue weighted by Gasteiger charge is -2.27. The zero-order valence-corrected chi connectivity index (χ0v) is 19.4. The number of likely N-dealkylation sites (tertiary alicyclic amines) is 1. The van der Waals surface area contributed by atoms with Crippen LogP contribution in [0.5, 0.6) is 5.75 Å². The Hall–Kier alpha value is -2.95. The van der Waals surface area contributed by atoms with Crippen molar-refractivity contribution >= 4 is 11.7 Å². The van der Waals surface area contributed by atoms with E-state index < -0.39 is 11.7 Å². The topological polar surface area (TPSA) is 89.5 Å². The number of carbonyl (C=O) groups excluding carboxylic acids is 1. The Kier molecular flexibility index (Phi) is 6.52. The van der Waals surface area contributed by atoms with Crippen LogP contribution < -0.4 is 10.1 Å². The SMILES string of the molecule is COc1cc(-c2cnccc2C(F)(F)F)nnc1NC1C[C@@H]2CN(C(=O)C3CCOCC3)C[C@@H]2C1. The number of ether oxygens (including phenoxy) is 2. The zero-order chi connectivity index (χ0) is 24.6. The summed E-state index contributed by atoms with van der Waals surface area (Å²) in [5.41, 5.74) is -0.937. The average molecular weight is 492 g/mol. The summed E-state index contributed by atoms with van der Waals surface area (Å²) in [6.45, 7) is 2.84. The van der Waals surface area contributed by atoms with E-state index in [1.54, 1.807) is 0 Å². The number of aromatic nitrogens is 3. The van der Waals surface area contributed by atoms with Crippen LogP contribution in [-0.4, -0.2) is 65.4 Å². The number of hydrogen-bond donors (Lipinski definition) is 1. The van der Waals surface area contributed by atoms with Gasteiger partial charge in [0, 0.05) is 62.3 Å². The Morgan fingerprint density at radius 1 is 1.17 bits per heavy atom. The van der Waals surface area contributed by atoms with Gasteiger partial charge in [-0.25, -0.2) is 0 Å². The Morgan fingerprint density at radius 3 is 2.54 bits per heavy atom. The van der Waals surface area contributed by atoms with E-state index in [-0.39, 0.29) is 29.1 Å². The van der Waals surface area contributed by atoms with E-state index in [4.69, 9.17) is 9.47 Å². The molecule has 5 rings (SSSR count). The highest BCUT2D eigenvalue weighted by Gasteiger charge is 2.44. The molecule has 2 aromatic heterocycles. The third-order valence-corrected chi connectivity index (χ3v) is 7.36. The number of hydrogen-bond acceptors (Lipinski definition) is 7. The summed E-state index contributed by atoms with van der Waals surface area (Å²) < 4.78 is 51.0. The van der Waals surface area contributed by atoms with E-state index in [2.05, 4.69) is 20.5 Å². The summed E-state index contributed by atoms with van der Waals surface area (Å²) in [5.74, 6) is 1.88. The van der Waals surface area contributed by atoms with Gasteiger partial charge in [0.05, 0.1) is 18.4 Å². The summed E-state index contributed by atoms with van der Waals surface area (Å²) >= 11 is 0. The molecule has 2 aromatic rings. The first-order valence-electron chi connectivity index (χ1n) is 11.9. The zero-order valence-electron chi connectivity index (χ0n) is 19.4. The molecular weight excluding hydrogens is 463 g/mol. The highest BCUT2D eigenvalue weighted by molar-refractivity contribution is 5.79. The number of carbonyl (C=O) groups is 1. The first-order valence-corrected chi connectivity index (χ1v) is 11.9. The fraction of sp³-hybridized carbons (Fsp3) is 0.583. The molecule has 0 radical (unpaired) electrons. The lowest BCUT2D eigenvalue weighted by molar-refractivity contribution is -0.138. The maximum Gasteiger partial charge on any atom is 0.417 e. The predicted octanol–water partition coefficient (Wildman–Crippen LogP) is 3.64. The second-order valence-corrected chi connectivity index (χ2v) is 9.53. The van der Waals surface area contributed by atoms with E-state index in [0.717, 1.165) is 57.2 Å². The summed E-state index contributed by atoms with van der Waals surface area (Å²) in [5, 5.41) is 11.6. The standard InChI is InChI=1S/C24H28F3N5O3/c1-34-21-10-20(18-11-28-5-2-19(18)24(25,26)27)30-31-22(21)29-17-8-15-12-32(13-16(15)9-17)23(33)14-3-6-35-7-4-14/h2,5,10-11,14-17H,3-4,6-9,12-13H2,1H3,(H,29,31)/t15-,16+,17?. The molecule has 1 saturated carbocycles. The van der Waals surface area contributed by atoms with E-state index in [1.807, 2.05) is 4.90 Å². The van der Waals surface area contributed by atoms with Crippen LogP contribution in [0.15, 0.2) is 24.5 Å². The normalized spacial score (nSPS) is 24.9. The van der Waals surface area contributed by atoms with Crippen molar-refractivity contribution in [3.63, 3.8) is 0 Å². The minimum absolute atomic E-state index is 0.0402. The quantitative estimate of drug-likeness (QED) is 0.683. The van der Waals surface area contributed by atoms with Crippen molar-refractivity contribution in [2.45, 2.75) is 37.9 Å². The van der Waals surface area contributed by atoms with E-state index in [0.29, 0.717) is 36.6 Å². The molecule has 0 spiro atoms. The molecule has 1 unspecified atom stereocenters. The summed E-state index contributed by atoms with van der Waals surface area (Å²) in [6.07, 6.45) is 1.06. The first kappa shape index (κ1) is 23.8. The van der Waals surface area contributed by atoms with Crippen LogP contribution in [-0.2, 0) is 15.7 Å². The van der Waals surface area contributed by atoms with Gasteiger partial charge in [0.25, 0.3) is 0 Å². The average Bonchev–Trinajstić information content (AvgIpc) is 3.43. The number of rotatable bonds is 5. The van der Waals surface area contributed by atoms with Crippen molar-refractivity contribution in [3.8, 4) is 17.0 Å². The van der Waals surface area contributed by atoms with Gasteiger partial charge in [0.2, 0.25) is 5.91 Å². The van der Waals surface area contributed by atoms with Gasteiger partial charge in [0.1, 0.15) is 0 Å². The molecular formula is C24H28F3N5O3. The smallest absolute Gasteiger partial charge is 0.417 e. The second kappa shape index (κ2) is 9.60. The van der Waals surface area contributed by atoms with Gasteiger partial charge in [0.15, 0.2) is 11.6 Å². The van der Waals surface area contributed by atoms with Gasteiger partial charge < -0.3 is 19.7 Å². The van der Waals surface area contributed by atoms with Crippen molar-refractivity contribution in [1.29, 1.82) is 0 Å². The monoisotopic (exact) mass is 491 g/mol. The molecule has 35 heavy (non-hydrogen) atoms. The molecule has 2 saturated heterocycles. The van der Waals surface area contributed by atoms with Crippen molar-refractivity contribution < 1.29 is 27.4 Å². The molecule has 0 aromatic carbocycles. The molecule has 3 atom stereocenters. The molecule has 1 amide bonds. The molecule has 1 aliphatic carbocycles. The number of methoxy groups -OCH3 is 1. The molecule has 188 valence electrons. The molecule has 1 N–H and O–H groups in total. The fourth-order valence-electron chi connectivity index (χ4n) is 5.60. The number of pyridine rings is 1. The van der Waals surface area contributed by atoms with E-state index in [9.17, 15) is 18.0 Å². The van der Waals surface area contributed by atoms with Crippen molar-refractivity contribution in [2.24, 2.45) is 17.8 Å². The number of alkyl halides is 3. The predicted molar refractivity (Wildman–Crippen MR) is 121 cm³/mol. The number of nitrogens with zero attached hydrogens (tertiary/aromatic N) is 4. The maximum absolute atomic E-state index is 13.4. The lowest BCUT2D eigenvalue weighted by atomic mass is 9.98. The number of anilines is 1. The van der Waals surface area contributed by atoms with Crippen LogP contribution in [0.4, 0.5) is 19.0 Å². The molecule has 2 aliphatic heterocycles. The summed E-state index contributed by atoms with van der Waals surface area (Å²) in [6, 6.07) is 2.50. The van der Waals surface area contributed by atoms with Crippen molar-refractivity contribution in [1.82, 2.24) is 20.1 Å². The number of nitrogens with one attached hydrogen (secondary N) is 1. The van der Waals surface area contributed by atoms with Gasteiger partial charge in [-0.1, -0.05) is 0 Å². The van der Waals surface area contributed by atoms with Gasteiger partial charge in [-0.2, -0.15) is 13.2 Å². The first-order chi connectivity index (χ1) is 16.8. The van der Waals surface area contributed by atoms with Crippen molar-refractivity contribution in [3.05, 3.63) is 30.1 Å². The van der Waals surface area contributed by atoms with Crippen LogP contribution >= 0.6 is 0 Å². The molecule has 8 nitrogen and oxygen atoms in total. The molecule has 4 heterocycles. The van der Waals surface area contributed by atoms with Crippen LogP contribution in [0.2, 0.25) is 0 Å². The highest BCUT2D eigenvalue weighted by atomic mass is 19.4. The number of amides is 1. The largest absolute Gasteiger partial charge is 0.493 e. The number of halogens is 3. The Bertz CT molecular complexity index is 1060. The van der Waals surface area contributed by atoms with Crippen LogP contribution in [0.1, 0.15) is 31.2 Å². The van der Waals surface area contributed by atoms with E-state index in [1.165, 1.54) is 13.2 Å². The second-order valence-electron chi connectivity index (χ2n) is 9.53. The van der Waals surface area contributed by atoms with Gasteiger partial charge >= 0.3 is 6.18 Å². The fourth-order valence-corrected chi connectivity index (χ4v) is 5.60. The van der Waals surface area contributed by atoms with Crippen LogP contribution in [0, 0.1) is 17.8 Å².